The van der Waals surface area contributed by atoms with Gasteiger partial charge in [0.25, 0.3) is 0 Å². The molecular formula is C6H10ClNO2S. The van der Waals surface area contributed by atoms with E-state index in [2.05, 4.69) is 0 Å². The lowest BCUT2D eigenvalue weighted by molar-refractivity contribution is -0.127. The lowest BCUT2D eigenvalue weighted by Gasteiger charge is -2.11. The highest BCUT2D eigenvalue weighted by Gasteiger charge is 2.31. The molecule has 0 aromatic rings. The molecule has 0 radical (unpaired) electrons. The minimum absolute atomic E-state index is 0.0616. The van der Waals surface area contributed by atoms with Gasteiger partial charge in [-0.15, -0.1) is 0 Å². The summed E-state index contributed by atoms with van der Waals surface area (Å²) in [6, 6.07) is 0. The second-order valence-electron chi connectivity index (χ2n) is 2.51. The fourth-order valence-electron chi connectivity index (χ4n) is 1.17. The molecule has 2 unspecified atom stereocenters. The van der Waals surface area contributed by atoms with Crippen LogP contribution in [-0.2, 0) is 14.8 Å². The minimum atomic E-state index is -1.37. The van der Waals surface area contributed by atoms with Gasteiger partial charge in [0.05, 0.1) is 5.25 Å². The van der Waals surface area contributed by atoms with E-state index < -0.39 is 10.0 Å². The number of halogens is 1. The Hall–Kier alpha value is -0.0900. The number of hydrogen-bond acceptors (Lipinski definition) is 2. The van der Waals surface area contributed by atoms with Crippen molar-refractivity contribution in [1.29, 1.82) is 0 Å². The molecule has 2 atom stereocenters. The first-order valence-electron chi connectivity index (χ1n) is 3.49. The Bertz CT molecular complexity index is 197. The largest absolute Gasteiger partial charge is 0.342 e. The third-order valence-corrected chi connectivity index (χ3v) is 3.42. The maximum absolute atomic E-state index is 11.1. The van der Waals surface area contributed by atoms with Gasteiger partial charge in [-0.05, 0) is 17.6 Å². The first-order valence-corrected chi connectivity index (χ1v) is 5.53. The van der Waals surface area contributed by atoms with Crippen molar-refractivity contribution < 1.29 is 9.00 Å². The fraction of sp³-hybridized carbons (Fsp3) is 0.833. The number of rotatable bonds is 2. The number of nitrogens with zero attached hydrogens (tertiary/aromatic N) is 1. The maximum Gasteiger partial charge on any atom is 0.223 e. The summed E-state index contributed by atoms with van der Waals surface area (Å²) >= 11 is 0. The zero-order valence-electron chi connectivity index (χ0n) is 6.25. The van der Waals surface area contributed by atoms with Crippen molar-refractivity contribution in [2.75, 3.05) is 13.1 Å². The summed E-state index contributed by atoms with van der Waals surface area (Å²) in [5.41, 5.74) is 0. The normalized spacial score (nSPS) is 27.6. The number of carbonyl (C=O) groups excluding carboxylic acids is 1. The van der Waals surface area contributed by atoms with Crippen LogP contribution in [0.1, 0.15) is 13.3 Å². The molecule has 1 aliphatic rings. The molecule has 0 aromatic carbocycles. The molecule has 0 aromatic heterocycles. The molecular weight excluding hydrogens is 186 g/mol. The minimum Gasteiger partial charge on any atom is -0.342 e. The van der Waals surface area contributed by atoms with Gasteiger partial charge >= 0.3 is 0 Å². The molecule has 0 saturated carbocycles. The smallest absolute Gasteiger partial charge is 0.223 e. The molecule has 0 N–H and O–H groups in total. The van der Waals surface area contributed by atoms with Gasteiger partial charge in [-0.1, -0.05) is 0 Å². The van der Waals surface area contributed by atoms with Gasteiger partial charge in [0.1, 0.15) is 10.0 Å². The van der Waals surface area contributed by atoms with Crippen LogP contribution in [0, 0.1) is 0 Å². The fourth-order valence-corrected chi connectivity index (χ4v) is 2.09. The van der Waals surface area contributed by atoms with Crippen molar-refractivity contribution in [1.82, 2.24) is 4.90 Å². The summed E-state index contributed by atoms with van der Waals surface area (Å²) in [5, 5.41) is -0.163. The van der Waals surface area contributed by atoms with E-state index in [0.29, 0.717) is 19.5 Å². The lowest BCUT2D eigenvalue weighted by Crippen LogP contribution is -2.25. The summed E-state index contributed by atoms with van der Waals surface area (Å²) < 4.78 is 10.8. The first-order chi connectivity index (χ1) is 5.15. The highest BCUT2D eigenvalue weighted by molar-refractivity contribution is 8.08. The molecule has 0 bridgehead atoms. The van der Waals surface area contributed by atoms with Crippen molar-refractivity contribution in [2.24, 2.45) is 0 Å². The summed E-state index contributed by atoms with van der Waals surface area (Å²) in [6.07, 6.45) is 0.337. The third kappa shape index (κ3) is 1.93. The Morgan fingerprint density at radius 2 is 2.45 bits per heavy atom. The van der Waals surface area contributed by atoms with Crippen LogP contribution in [-0.4, -0.2) is 33.4 Å². The lowest BCUT2D eigenvalue weighted by atomic mass is 10.4. The Kier molecular flexibility index (Phi) is 2.90. The van der Waals surface area contributed by atoms with E-state index in [4.69, 9.17) is 10.7 Å². The summed E-state index contributed by atoms with van der Waals surface area (Å²) in [7, 11) is 3.99. The van der Waals surface area contributed by atoms with E-state index in [9.17, 15) is 9.00 Å². The molecule has 64 valence electrons. The molecule has 11 heavy (non-hydrogen) atoms. The van der Waals surface area contributed by atoms with Crippen molar-refractivity contribution in [3.05, 3.63) is 0 Å². The average molecular weight is 196 g/mol. The molecule has 1 aliphatic heterocycles. The van der Waals surface area contributed by atoms with Gasteiger partial charge in [-0.25, -0.2) is 4.21 Å². The quantitative estimate of drug-likeness (QED) is 0.603. The monoisotopic (exact) mass is 195 g/mol. The Morgan fingerprint density at radius 1 is 1.82 bits per heavy atom. The SMILES string of the molecule is CCN1CC(S(=O)Cl)CC1=O. The predicted molar refractivity (Wildman–Crippen MR) is 44.7 cm³/mol. The Morgan fingerprint density at radius 3 is 2.73 bits per heavy atom. The van der Waals surface area contributed by atoms with Crippen molar-refractivity contribution in [2.45, 2.75) is 18.6 Å². The van der Waals surface area contributed by atoms with Crippen LogP contribution in [0.3, 0.4) is 0 Å². The maximum atomic E-state index is 11.1. The van der Waals surface area contributed by atoms with Gasteiger partial charge in [-0.2, -0.15) is 0 Å². The van der Waals surface area contributed by atoms with Gasteiger partial charge < -0.3 is 4.90 Å². The molecule has 1 saturated heterocycles. The highest BCUT2D eigenvalue weighted by atomic mass is 35.7. The average Bonchev–Trinajstić information content (AvgIpc) is 2.31. The summed E-state index contributed by atoms with van der Waals surface area (Å²) in [6.45, 7) is 3.13. The van der Waals surface area contributed by atoms with Crippen molar-refractivity contribution in [3.8, 4) is 0 Å². The molecule has 1 rings (SSSR count). The predicted octanol–water partition coefficient (Wildman–Crippen LogP) is 0.510. The van der Waals surface area contributed by atoms with Crippen LogP contribution in [0.5, 0.6) is 0 Å². The summed E-state index contributed by atoms with van der Waals surface area (Å²) in [5.74, 6) is 0.0616. The number of hydrogen-bond donors (Lipinski definition) is 0. The Labute approximate surface area is 72.7 Å². The van der Waals surface area contributed by atoms with E-state index in [1.54, 1.807) is 4.90 Å². The Balaban J connectivity index is 2.56. The topological polar surface area (TPSA) is 37.4 Å². The molecule has 3 nitrogen and oxygen atoms in total. The zero-order valence-corrected chi connectivity index (χ0v) is 7.82. The number of likely N-dealkylation sites (tertiary alicyclic amines) is 1. The third-order valence-electron chi connectivity index (χ3n) is 1.82. The van der Waals surface area contributed by atoms with Crippen LogP contribution in [0.2, 0.25) is 0 Å². The van der Waals surface area contributed by atoms with Gasteiger partial charge in [-0.3, -0.25) is 4.79 Å². The molecule has 1 heterocycles. The van der Waals surface area contributed by atoms with Crippen LogP contribution in [0.4, 0.5) is 0 Å². The highest BCUT2D eigenvalue weighted by Crippen LogP contribution is 2.17. The van der Waals surface area contributed by atoms with Crippen LogP contribution < -0.4 is 0 Å². The van der Waals surface area contributed by atoms with Crippen LogP contribution >= 0.6 is 10.7 Å². The van der Waals surface area contributed by atoms with E-state index in [0.717, 1.165) is 0 Å². The number of carbonyl (C=O) groups is 1. The first kappa shape index (κ1) is 9.00. The second-order valence-corrected chi connectivity index (χ2v) is 4.58. The molecule has 5 heteroatoms. The van der Waals surface area contributed by atoms with E-state index in [1.165, 1.54) is 0 Å². The van der Waals surface area contributed by atoms with E-state index in [1.807, 2.05) is 6.92 Å². The van der Waals surface area contributed by atoms with Crippen molar-refractivity contribution >= 4 is 26.6 Å². The molecule has 1 fully saturated rings. The van der Waals surface area contributed by atoms with Crippen LogP contribution in [0.15, 0.2) is 0 Å². The van der Waals surface area contributed by atoms with Crippen LogP contribution in [0.25, 0.3) is 0 Å². The summed E-state index contributed by atoms with van der Waals surface area (Å²) in [4.78, 5) is 12.7. The van der Waals surface area contributed by atoms with Gasteiger partial charge in [0, 0.05) is 19.5 Å². The zero-order chi connectivity index (χ0) is 8.43. The molecule has 0 spiro atoms. The van der Waals surface area contributed by atoms with Gasteiger partial charge in [0.2, 0.25) is 5.91 Å². The van der Waals surface area contributed by atoms with E-state index in [-0.39, 0.29) is 11.2 Å². The second kappa shape index (κ2) is 3.54. The van der Waals surface area contributed by atoms with Crippen molar-refractivity contribution in [3.63, 3.8) is 0 Å². The molecule has 1 amide bonds. The molecule has 0 aliphatic carbocycles. The van der Waals surface area contributed by atoms with E-state index >= 15 is 0 Å². The standard InChI is InChI=1S/C6H10ClNO2S/c1-2-8-4-5(11(7)10)3-6(8)9/h5H,2-4H2,1H3. The number of amides is 1. The van der Waals surface area contributed by atoms with Gasteiger partial charge in [0.15, 0.2) is 0 Å².